The number of morpholine rings is 1. The number of ether oxygens (including phenoxy) is 1. The molecule has 1 aliphatic heterocycles. The Morgan fingerprint density at radius 1 is 1.38 bits per heavy atom. The van der Waals surface area contributed by atoms with E-state index in [0.717, 1.165) is 17.3 Å². The quantitative estimate of drug-likeness (QED) is 0.724. The van der Waals surface area contributed by atoms with Gasteiger partial charge in [-0.2, -0.15) is 0 Å². The van der Waals surface area contributed by atoms with Crippen LogP contribution in [-0.4, -0.2) is 51.9 Å². The number of hydrogen-bond acceptors (Lipinski definition) is 4. The van der Waals surface area contributed by atoms with Gasteiger partial charge in [0, 0.05) is 25.5 Å². The van der Waals surface area contributed by atoms with Gasteiger partial charge in [0.15, 0.2) is 5.16 Å². The summed E-state index contributed by atoms with van der Waals surface area (Å²) in [5.74, 6) is 0.980. The van der Waals surface area contributed by atoms with Gasteiger partial charge in [0.1, 0.15) is 0 Å². The summed E-state index contributed by atoms with van der Waals surface area (Å²) in [6, 6.07) is 8.36. The Hall–Kier alpha value is -1.79. The molecule has 140 valence electrons. The van der Waals surface area contributed by atoms with Crippen molar-refractivity contribution in [1.82, 2.24) is 14.5 Å². The van der Waals surface area contributed by atoms with Gasteiger partial charge in [-0.05, 0) is 24.0 Å². The van der Waals surface area contributed by atoms with Crippen LogP contribution in [0, 0.1) is 0 Å². The van der Waals surface area contributed by atoms with Crippen molar-refractivity contribution in [3.8, 4) is 5.69 Å². The minimum absolute atomic E-state index is 0.156. The second-order valence-electron chi connectivity index (χ2n) is 6.82. The highest BCUT2D eigenvalue weighted by Gasteiger charge is 2.23. The Bertz CT molecular complexity index is 744. The lowest BCUT2D eigenvalue weighted by Crippen LogP contribution is -2.46. The first kappa shape index (κ1) is 19.0. The Kier molecular flexibility index (Phi) is 6.38. The Morgan fingerprint density at radius 2 is 2.19 bits per heavy atom. The lowest BCUT2D eigenvalue weighted by molar-refractivity contribution is -0.135. The average Bonchev–Trinajstić information content (AvgIpc) is 3.14. The summed E-state index contributed by atoms with van der Waals surface area (Å²) < 4.78 is 7.74. The van der Waals surface area contributed by atoms with Crippen LogP contribution in [0.15, 0.2) is 41.8 Å². The van der Waals surface area contributed by atoms with E-state index in [1.54, 1.807) is 6.20 Å². The van der Waals surface area contributed by atoms with E-state index in [1.807, 2.05) is 17.2 Å². The molecule has 1 saturated heterocycles. The van der Waals surface area contributed by atoms with Gasteiger partial charge in [-0.3, -0.25) is 9.36 Å². The number of carbonyl (C=O) groups excluding carboxylic acids is 1. The van der Waals surface area contributed by atoms with Gasteiger partial charge in [-0.25, -0.2) is 4.98 Å². The predicted octanol–water partition coefficient (Wildman–Crippen LogP) is 3.73. The molecule has 2 heterocycles. The Morgan fingerprint density at radius 3 is 2.96 bits per heavy atom. The minimum atomic E-state index is 0.156. The van der Waals surface area contributed by atoms with Crippen LogP contribution in [0.5, 0.6) is 0 Å². The largest absolute Gasteiger partial charge is 0.375 e. The lowest BCUT2D eigenvalue weighted by atomic mass is 10.0. The highest BCUT2D eigenvalue weighted by molar-refractivity contribution is 7.99. The molecule has 2 aromatic rings. The fourth-order valence-electron chi connectivity index (χ4n) is 3.19. The lowest BCUT2D eigenvalue weighted by Gasteiger charge is -2.32. The van der Waals surface area contributed by atoms with Crippen molar-refractivity contribution in [2.24, 2.45) is 0 Å². The van der Waals surface area contributed by atoms with Gasteiger partial charge in [0.05, 0.1) is 24.2 Å². The van der Waals surface area contributed by atoms with E-state index in [0.29, 0.717) is 31.4 Å². The fraction of sp³-hybridized carbons (Fsp3) is 0.500. The summed E-state index contributed by atoms with van der Waals surface area (Å²) in [4.78, 5) is 19.0. The summed E-state index contributed by atoms with van der Waals surface area (Å²) in [5, 5.41) is 0.853. The minimum Gasteiger partial charge on any atom is -0.375 e. The van der Waals surface area contributed by atoms with Crippen LogP contribution in [0.3, 0.4) is 0 Å². The molecule has 0 N–H and O–H groups in total. The zero-order valence-corrected chi connectivity index (χ0v) is 16.5. The molecule has 1 aromatic carbocycles. The van der Waals surface area contributed by atoms with Crippen LogP contribution in [-0.2, 0) is 9.53 Å². The number of aromatic nitrogens is 2. The summed E-state index contributed by atoms with van der Waals surface area (Å²) in [6.45, 7) is 8.48. The number of hydrogen-bond donors (Lipinski definition) is 0. The highest BCUT2D eigenvalue weighted by Crippen LogP contribution is 2.27. The first-order valence-electron chi connectivity index (χ1n) is 9.25. The molecule has 0 aliphatic carbocycles. The second-order valence-corrected chi connectivity index (χ2v) is 7.77. The zero-order valence-electron chi connectivity index (χ0n) is 15.7. The molecule has 1 unspecified atom stereocenters. The molecule has 0 spiro atoms. The molecule has 1 fully saturated rings. The number of benzene rings is 1. The third-order valence-corrected chi connectivity index (χ3v) is 5.65. The van der Waals surface area contributed by atoms with Crippen molar-refractivity contribution >= 4 is 17.7 Å². The molecule has 1 atom stereocenters. The fourth-order valence-corrected chi connectivity index (χ4v) is 4.05. The molecule has 3 rings (SSSR count). The zero-order chi connectivity index (χ0) is 18.5. The van der Waals surface area contributed by atoms with Crippen molar-refractivity contribution in [2.75, 3.05) is 25.4 Å². The van der Waals surface area contributed by atoms with Gasteiger partial charge >= 0.3 is 0 Å². The van der Waals surface area contributed by atoms with Crippen LogP contribution < -0.4 is 0 Å². The third-order valence-electron chi connectivity index (χ3n) is 4.70. The van der Waals surface area contributed by atoms with E-state index in [2.05, 4.69) is 48.5 Å². The van der Waals surface area contributed by atoms with Gasteiger partial charge in [-0.15, -0.1) is 0 Å². The Labute approximate surface area is 159 Å². The molecule has 0 radical (unpaired) electrons. The first-order valence-corrected chi connectivity index (χ1v) is 10.2. The third kappa shape index (κ3) is 4.30. The normalized spacial score (nSPS) is 17.7. The highest BCUT2D eigenvalue weighted by atomic mass is 32.2. The molecule has 5 nitrogen and oxygen atoms in total. The molecule has 6 heteroatoms. The molecular weight excluding hydrogens is 346 g/mol. The van der Waals surface area contributed by atoms with Gasteiger partial charge in [0.25, 0.3) is 0 Å². The SMILES string of the molecule is CCC1CN(C(=O)CSc2nccn2-c2ccccc2C(C)C)CCO1. The number of carbonyl (C=O) groups is 1. The summed E-state index contributed by atoms with van der Waals surface area (Å²) in [5.41, 5.74) is 2.41. The Balaban J connectivity index is 1.69. The smallest absolute Gasteiger partial charge is 0.233 e. The summed E-state index contributed by atoms with van der Waals surface area (Å²) in [7, 11) is 0. The van der Waals surface area contributed by atoms with Crippen LogP contribution in [0.25, 0.3) is 5.69 Å². The number of thioether (sulfide) groups is 1. The van der Waals surface area contributed by atoms with Gasteiger partial charge in [-0.1, -0.05) is 50.7 Å². The predicted molar refractivity (Wildman–Crippen MR) is 105 cm³/mol. The monoisotopic (exact) mass is 373 g/mol. The van der Waals surface area contributed by atoms with E-state index in [1.165, 1.54) is 17.3 Å². The van der Waals surface area contributed by atoms with E-state index in [-0.39, 0.29) is 12.0 Å². The van der Waals surface area contributed by atoms with Crippen LogP contribution in [0.2, 0.25) is 0 Å². The molecule has 1 amide bonds. The van der Waals surface area contributed by atoms with Gasteiger partial charge < -0.3 is 9.64 Å². The first-order chi connectivity index (χ1) is 12.6. The second kappa shape index (κ2) is 8.73. The number of nitrogens with zero attached hydrogens (tertiary/aromatic N) is 3. The maximum Gasteiger partial charge on any atom is 0.233 e. The topological polar surface area (TPSA) is 47.4 Å². The van der Waals surface area contributed by atoms with E-state index in [4.69, 9.17) is 4.74 Å². The van der Waals surface area contributed by atoms with Crippen molar-refractivity contribution in [3.05, 3.63) is 42.2 Å². The maximum absolute atomic E-state index is 12.6. The summed E-state index contributed by atoms with van der Waals surface area (Å²) in [6.07, 6.45) is 4.87. The number of para-hydroxylation sites is 1. The van der Waals surface area contributed by atoms with Crippen molar-refractivity contribution in [3.63, 3.8) is 0 Å². The van der Waals surface area contributed by atoms with Gasteiger partial charge in [0.2, 0.25) is 5.91 Å². The molecule has 26 heavy (non-hydrogen) atoms. The van der Waals surface area contributed by atoms with E-state index >= 15 is 0 Å². The number of amides is 1. The number of imidazole rings is 1. The van der Waals surface area contributed by atoms with Crippen molar-refractivity contribution in [2.45, 2.75) is 44.4 Å². The standard InChI is InChI=1S/C20H27N3O2S/c1-4-16-13-22(11-12-25-16)19(24)14-26-20-21-9-10-23(20)18-8-6-5-7-17(18)15(2)3/h5-10,15-16H,4,11-14H2,1-3H3. The summed E-state index contributed by atoms with van der Waals surface area (Å²) >= 11 is 1.50. The van der Waals surface area contributed by atoms with Crippen molar-refractivity contribution < 1.29 is 9.53 Å². The molecule has 1 aromatic heterocycles. The average molecular weight is 374 g/mol. The van der Waals surface area contributed by atoms with Crippen LogP contribution >= 0.6 is 11.8 Å². The van der Waals surface area contributed by atoms with E-state index < -0.39 is 0 Å². The van der Waals surface area contributed by atoms with E-state index in [9.17, 15) is 4.79 Å². The van der Waals surface area contributed by atoms with Crippen LogP contribution in [0.4, 0.5) is 0 Å². The molecule has 0 bridgehead atoms. The van der Waals surface area contributed by atoms with Crippen molar-refractivity contribution in [1.29, 1.82) is 0 Å². The molecule has 0 saturated carbocycles. The van der Waals surface area contributed by atoms with Crippen LogP contribution in [0.1, 0.15) is 38.7 Å². The number of rotatable bonds is 6. The maximum atomic E-state index is 12.6. The molecular formula is C20H27N3O2S. The molecule has 1 aliphatic rings.